The third-order valence-electron chi connectivity index (χ3n) is 4.53. The molecule has 2 amide bonds. The summed E-state index contributed by atoms with van der Waals surface area (Å²) in [5, 5.41) is 8.55. The van der Waals surface area contributed by atoms with Gasteiger partial charge in [-0.2, -0.15) is 0 Å². The maximum atomic E-state index is 12.6. The van der Waals surface area contributed by atoms with Gasteiger partial charge in [0.05, 0.1) is 12.7 Å². The largest absolute Gasteiger partial charge is 0.464 e. The monoisotopic (exact) mass is 358 g/mol. The second kappa shape index (κ2) is 6.96. The highest BCUT2D eigenvalue weighted by molar-refractivity contribution is 6.09. The average Bonchev–Trinajstić information content (AvgIpc) is 3.10. The van der Waals surface area contributed by atoms with Gasteiger partial charge in [-0.05, 0) is 35.0 Å². The van der Waals surface area contributed by atoms with Crippen LogP contribution in [-0.4, -0.2) is 18.9 Å². The highest BCUT2D eigenvalue weighted by atomic mass is 16.3. The first-order valence-corrected chi connectivity index (χ1v) is 8.65. The third-order valence-corrected chi connectivity index (χ3v) is 4.53. The Morgan fingerprint density at radius 2 is 1.85 bits per heavy atom. The summed E-state index contributed by atoms with van der Waals surface area (Å²) in [4.78, 5) is 24.3. The lowest BCUT2D eigenvalue weighted by molar-refractivity contribution is -0.115. The first-order valence-electron chi connectivity index (χ1n) is 8.65. The lowest BCUT2D eigenvalue weighted by atomic mass is 10.0. The Bertz CT molecular complexity index is 1160. The lowest BCUT2D eigenvalue weighted by Crippen LogP contribution is -2.19. The SMILES string of the molecule is CNC(=O)c1cccc(NC(=O)Cc2coc3ccc4ccccc4c23)c1. The summed E-state index contributed by atoms with van der Waals surface area (Å²) < 4.78 is 5.64. The van der Waals surface area contributed by atoms with E-state index in [1.807, 2.05) is 36.4 Å². The van der Waals surface area contributed by atoms with Crippen molar-refractivity contribution in [3.8, 4) is 0 Å². The van der Waals surface area contributed by atoms with E-state index in [1.54, 1.807) is 37.6 Å². The van der Waals surface area contributed by atoms with E-state index in [9.17, 15) is 9.59 Å². The van der Waals surface area contributed by atoms with Crippen LogP contribution in [0.25, 0.3) is 21.7 Å². The van der Waals surface area contributed by atoms with E-state index in [4.69, 9.17) is 4.42 Å². The van der Waals surface area contributed by atoms with Gasteiger partial charge in [0.25, 0.3) is 5.91 Å². The minimum absolute atomic E-state index is 0.167. The van der Waals surface area contributed by atoms with E-state index in [-0.39, 0.29) is 18.2 Å². The predicted octanol–water partition coefficient (Wildman–Crippen LogP) is 4.13. The zero-order chi connectivity index (χ0) is 18.8. The lowest BCUT2D eigenvalue weighted by Gasteiger charge is -2.07. The van der Waals surface area contributed by atoms with E-state index in [0.29, 0.717) is 11.3 Å². The molecule has 0 saturated carbocycles. The van der Waals surface area contributed by atoms with Crippen molar-refractivity contribution < 1.29 is 14.0 Å². The molecular weight excluding hydrogens is 340 g/mol. The number of hydrogen-bond acceptors (Lipinski definition) is 3. The fraction of sp³-hybridized carbons (Fsp3) is 0.0909. The molecule has 0 aliphatic heterocycles. The number of fused-ring (bicyclic) bond motifs is 3. The molecule has 0 bridgehead atoms. The van der Waals surface area contributed by atoms with E-state index in [2.05, 4.69) is 10.6 Å². The molecule has 0 saturated heterocycles. The normalized spacial score (nSPS) is 10.9. The number of rotatable bonds is 4. The average molecular weight is 358 g/mol. The van der Waals surface area contributed by atoms with Crippen LogP contribution in [0.4, 0.5) is 5.69 Å². The van der Waals surface area contributed by atoms with Crippen molar-refractivity contribution in [3.63, 3.8) is 0 Å². The standard InChI is InChI=1S/C22H18N2O3/c1-23-22(26)15-6-4-7-17(11-15)24-20(25)12-16-13-27-19-10-9-14-5-2-3-8-18(14)21(16)19/h2-11,13H,12H2,1H3,(H,23,26)(H,24,25). The van der Waals surface area contributed by atoms with Gasteiger partial charge < -0.3 is 15.1 Å². The number of carbonyl (C=O) groups is 2. The van der Waals surface area contributed by atoms with Crippen LogP contribution in [-0.2, 0) is 11.2 Å². The van der Waals surface area contributed by atoms with Crippen LogP contribution in [0, 0.1) is 0 Å². The summed E-state index contributed by atoms with van der Waals surface area (Å²) >= 11 is 0. The van der Waals surface area contributed by atoms with E-state index in [0.717, 1.165) is 27.3 Å². The van der Waals surface area contributed by atoms with Crippen LogP contribution < -0.4 is 10.6 Å². The predicted molar refractivity (Wildman–Crippen MR) is 106 cm³/mol. The molecule has 27 heavy (non-hydrogen) atoms. The Balaban J connectivity index is 1.60. The van der Waals surface area contributed by atoms with Crippen LogP contribution in [0.1, 0.15) is 15.9 Å². The van der Waals surface area contributed by atoms with Gasteiger partial charge in [0, 0.05) is 29.2 Å². The molecule has 0 spiro atoms. The molecule has 2 N–H and O–H groups in total. The minimum Gasteiger partial charge on any atom is -0.464 e. The fourth-order valence-corrected chi connectivity index (χ4v) is 3.27. The van der Waals surface area contributed by atoms with Crippen molar-refractivity contribution in [1.82, 2.24) is 5.32 Å². The number of hydrogen-bond donors (Lipinski definition) is 2. The van der Waals surface area contributed by atoms with Gasteiger partial charge in [0.15, 0.2) is 0 Å². The molecule has 1 heterocycles. The molecule has 5 nitrogen and oxygen atoms in total. The Kier molecular flexibility index (Phi) is 4.34. The van der Waals surface area contributed by atoms with Crippen molar-refractivity contribution in [3.05, 3.63) is 78.1 Å². The summed E-state index contributed by atoms with van der Waals surface area (Å²) in [5.74, 6) is -0.363. The van der Waals surface area contributed by atoms with Gasteiger partial charge in [0.1, 0.15) is 5.58 Å². The van der Waals surface area contributed by atoms with Crippen molar-refractivity contribution in [2.45, 2.75) is 6.42 Å². The molecule has 4 rings (SSSR count). The molecule has 0 fully saturated rings. The van der Waals surface area contributed by atoms with Gasteiger partial charge in [-0.1, -0.05) is 36.4 Å². The number of benzene rings is 3. The second-order valence-electron chi connectivity index (χ2n) is 6.31. The summed E-state index contributed by atoms with van der Waals surface area (Å²) in [5.41, 5.74) is 2.67. The van der Waals surface area contributed by atoms with Crippen molar-refractivity contribution in [2.24, 2.45) is 0 Å². The number of nitrogens with one attached hydrogen (secondary N) is 2. The molecule has 3 aromatic carbocycles. The van der Waals surface area contributed by atoms with E-state index < -0.39 is 0 Å². The highest BCUT2D eigenvalue weighted by Gasteiger charge is 2.14. The molecule has 0 aliphatic carbocycles. The number of anilines is 1. The Morgan fingerprint density at radius 1 is 1.00 bits per heavy atom. The fourth-order valence-electron chi connectivity index (χ4n) is 3.27. The summed E-state index contributed by atoms with van der Waals surface area (Å²) in [6.45, 7) is 0. The summed E-state index contributed by atoms with van der Waals surface area (Å²) in [6, 6.07) is 18.8. The molecule has 0 atom stereocenters. The molecule has 4 aromatic rings. The first-order chi connectivity index (χ1) is 13.2. The van der Waals surface area contributed by atoms with E-state index in [1.165, 1.54) is 0 Å². The minimum atomic E-state index is -0.196. The second-order valence-corrected chi connectivity index (χ2v) is 6.31. The zero-order valence-electron chi connectivity index (χ0n) is 14.8. The quantitative estimate of drug-likeness (QED) is 0.576. The van der Waals surface area contributed by atoms with Gasteiger partial charge in [-0.3, -0.25) is 9.59 Å². The van der Waals surface area contributed by atoms with Crippen LogP contribution in [0.2, 0.25) is 0 Å². The Hall–Kier alpha value is -3.60. The highest BCUT2D eigenvalue weighted by Crippen LogP contribution is 2.30. The van der Waals surface area contributed by atoms with Gasteiger partial charge in [0.2, 0.25) is 5.91 Å². The van der Waals surface area contributed by atoms with Crippen LogP contribution in [0.3, 0.4) is 0 Å². The van der Waals surface area contributed by atoms with Gasteiger partial charge in [-0.25, -0.2) is 0 Å². The van der Waals surface area contributed by atoms with Crippen molar-refractivity contribution in [1.29, 1.82) is 0 Å². The number of carbonyl (C=O) groups excluding carboxylic acids is 2. The maximum Gasteiger partial charge on any atom is 0.251 e. The molecule has 134 valence electrons. The van der Waals surface area contributed by atoms with Crippen molar-refractivity contribution >= 4 is 39.2 Å². The third kappa shape index (κ3) is 3.27. The first kappa shape index (κ1) is 16.8. The molecule has 1 aromatic heterocycles. The summed E-state index contributed by atoms with van der Waals surface area (Å²) in [7, 11) is 1.57. The van der Waals surface area contributed by atoms with E-state index >= 15 is 0 Å². The molecular formula is C22H18N2O3. The van der Waals surface area contributed by atoms with Crippen LogP contribution >= 0.6 is 0 Å². The van der Waals surface area contributed by atoms with Gasteiger partial charge in [-0.15, -0.1) is 0 Å². The smallest absolute Gasteiger partial charge is 0.251 e. The topological polar surface area (TPSA) is 71.3 Å². The molecule has 0 unspecified atom stereocenters. The molecule has 0 radical (unpaired) electrons. The van der Waals surface area contributed by atoms with Crippen LogP contribution in [0.5, 0.6) is 0 Å². The van der Waals surface area contributed by atoms with Gasteiger partial charge >= 0.3 is 0 Å². The number of furan rings is 1. The van der Waals surface area contributed by atoms with Crippen LogP contribution in [0.15, 0.2) is 71.3 Å². The summed E-state index contributed by atoms with van der Waals surface area (Å²) in [6.07, 6.45) is 1.82. The maximum absolute atomic E-state index is 12.6. The Morgan fingerprint density at radius 3 is 2.70 bits per heavy atom. The molecule has 5 heteroatoms. The number of amides is 2. The van der Waals surface area contributed by atoms with Crippen molar-refractivity contribution in [2.75, 3.05) is 12.4 Å². The molecule has 0 aliphatic rings. The Labute approximate surface area is 156 Å². The zero-order valence-corrected chi connectivity index (χ0v) is 14.8.